The monoisotopic (exact) mass is 330 g/mol. The van der Waals surface area contributed by atoms with Gasteiger partial charge < -0.3 is 15.1 Å². The zero-order chi connectivity index (χ0) is 16.1. The second-order valence-corrected chi connectivity index (χ2v) is 6.65. The molecule has 3 heterocycles. The van der Waals surface area contributed by atoms with E-state index in [0.717, 1.165) is 30.0 Å². The summed E-state index contributed by atoms with van der Waals surface area (Å²) in [6.07, 6.45) is 4.35. The number of pyridine rings is 1. The van der Waals surface area contributed by atoms with Crippen molar-refractivity contribution in [2.24, 2.45) is 0 Å². The molecule has 6 heteroatoms. The van der Waals surface area contributed by atoms with Gasteiger partial charge in [-0.2, -0.15) is 11.3 Å². The molecule has 23 heavy (non-hydrogen) atoms. The molecule has 1 N–H and O–H groups in total. The molecule has 3 rings (SSSR count). The van der Waals surface area contributed by atoms with Crippen LogP contribution in [0.15, 0.2) is 35.2 Å². The molecule has 1 aliphatic rings. The number of anilines is 1. The second kappa shape index (κ2) is 7.46. The zero-order valence-corrected chi connectivity index (χ0v) is 14.2. The van der Waals surface area contributed by atoms with Gasteiger partial charge in [0.2, 0.25) is 0 Å². The smallest absolute Gasteiger partial charge is 0.317 e. The topological polar surface area (TPSA) is 48.5 Å². The minimum absolute atomic E-state index is 0.0696. The zero-order valence-electron chi connectivity index (χ0n) is 13.4. The van der Waals surface area contributed by atoms with Gasteiger partial charge in [0.1, 0.15) is 5.82 Å². The number of aromatic nitrogens is 1. The Morgan fingerprint density at radius 1 is 1.30 bits per heavy atom. The van der Waals surface area contributed by atoms with E-state index in [0.29, 0.717) is 13.1 Å². The van der Waals surface area contributed by atoms with Crippen molar-refractivity contribution < 1.29 is 4.79 Å². The summed E-state index contributed by atoms with van der Waals surface area (Å²) in [5, 5.41) is 7.02. The van der Waals surface area contributed by atoms with Gasteiger partial charge in [0.15, 0.2) is 0 Å². The number of nitrogens with one attached hydrogen (secondary N) is 1. The largest absolute Gasteiger partial charge is 0.357 e. The summed E-state index contributed by atoms with van der Waals surface area (Å²) < 4.78 is 0. The molecular weight excluding hydrogens is 308 g/mol. The molecular formula is C17H22N4OS. The van der Waals surface area contributed by atoms with Crippen molar-refractivity contribution in [1.82, 2.24) is 15.2 Å². The van der Waals surface area contributed by atoms with Gasteiger partial charge in [-0.25, -0.2) is 9.78 Å². The van der Waals surface area contributed by atoms with Gasteiger partial charge >= 0.3 is 6.03 Å². The molecule has 0 aliphatic carbocycles. The predicted molar refractivity (Wildman–Crippen MR) is 93.7 cm³/mol. The van der Waals surface area contributed by atoms with Crippen LogP contribution in [0.1, 0.15) is 24.0 Å². The Balaban J connectivity index is 1.48. The van der Waals surface area contributed by atoms with E-state index in [9.17, 15) is 4.79 Å². The van der Waals surface area contributed by atoms with Crippen LogP contribution in [0.2, 0.25) is 0 Å². The molecule has 0 saturated carbocycles. The first-order valence-electron chi connectivity index (χ1n) is 7.92. The second-order valence-electron chi connectivity index (χ2n) is 5.87. The van der Waals surface area contributed by atoms with Crippen molar-refractivity contribution in [2.75, 3.05) is 25.0 Å². The Bertz CT molecular complexity index is 621. The van der Waals surface area contributed by atoms with Crippen LogP contribution in [0.25, 0.3) is 0 Å². The van der Waals surface area contributed by atoms with E-state index in [1.165, 1.54) is 12.8 Å². The van der Waals surface area contributed by atoms with Gasteiger partial charge in [0.25, 0.3) is 0 Å². The first-order chi connectivity index (χ1) is 11.2. The summed E-state index contributed by atoms with van der Waals surface area (Å²) in [4.78, 5) is 20.6. The van der Waals surface area contributed by atoms with E-state index in [2.05, 4.69) is 20.6 Å². The molecule has 0 atom stereocenters. The molecule has 5 nitrogen and oxygen atoms in total. The van der Waals surface area contributed by atoms with Gasteiger partial charge in [-0.15, -0.1) is 0 Å². The average molecular weight is 330 g/mol. The average Bonchev–Trinajstić information content (AvgIpc) is 3.26. The maximum absolute atomic E-state index is 12.1. The number of hydrogen-bond donors (Lipinski definition) is 1. The molecule has 2 amide bonds. The van der Waals surface area contributed by atoms with E-state index in [4.69, 9.17) is 0 Å². The molecule has 0 spiro atoms. The van der Waals surface area contributed by atoms with E-state index >= 15 is 0 Å². The molecule has 1 fully saturated rings. The molecule has 1 saturated heterocycles. The highest BCUT2D eigenvalue weighted by molar-refractivity contribution is 7.07. The summed E-state index contributed by atoms with van der Waals surface area (Å²) >= 11 is 1.64. The quantitative estimate of drug-likeness (QED) is 0.916. The molecule has 1 aliphatic heterocycles. The Kier molecular flexibility index (Phi) is 5.12. The lowest BCUT2D eigenvalue weighted by atomic mass is 10.2. The van der Waals surface area contributed by atoms with Crippen LogP contribution in [0.5, 0.6) is 0 Å². The van der Waals surface area contributed by atoms with Crippen LogP contribution in [-0.4, -0.2) is 36.1 Å². The van der Waals surface area contributed by atoms with Crippen LogP contribution in [-0.2, 0) is 13.1 Å². The van der Waals surface area contributed by atoms with Gasteiger partial charge in [-0.3, -0.25) is 0 Å². The summed E-state index contributed by atoms with van der Waals surface area (Å²) in [7, 11) is 1.81. The third kappa shape index (κ3) is 4.22. The number of hydrogen-bond acceptors (Lipinski definition) is 4. The van der Waals surface area contributed by atoms with Crippen molar-refractivity contribution in [3.8, 4) is 0 Å². The number of amides is 2. The van der Waals surface area contributed by atoms with Crippen LogP contribution in [0.3, 0.4) is 0 Å². The molecule has 2 aromatic rings. The summed E-state index contributed by atoms with van der Waals surface area (Å²) in [6, 6.07) is 6.05. The van der Waals surface area contributed by atoms with Crippen LogP contribution < -0.4 is 10.2 Å². The number of carbonyl (C=O) groups excluding carboxylic acids is 1. The predicted octanol–water partition coefficient (Wildman–Crippen LogP) is 3.08. The number of nitrogens with zero attached hydrogens (tertiary/aromatic N) is 3. The third-order valence-electron chi connectivity index (χ3n) is 4.03. The standard InChI is InChI=1S/C17H22N4OS/c1-20(12-15-6-9-23-13-15)17(22)19-11-14-4-5-16(18-10-14)21-7-2-3-8-21/h4-6,9-10,13H,2-3,7-8,11-12H2,1H3,(H,19,22). The fourth-order valence-electron chi connectivity index (χ4n) is 2.70. The van der Waals surface area contributed by atoms with Crippen molar-refractivity contribution in [1.29, 1.82) is 0 Å². The SMILES string of the molecule is CN(Cc1ccsc1)C(=O)NCc1ccc(N2CCCC2)nc1. The molecule has 0 aromatic carbocycles. The normalized spacial score (nSPS) is 14.0. The van der Waals surface area contributed by atoms with Crippen LogP contribution >= 0.6 is 11.3 Å². The lowest BCUT2D eigenvalue weighted by Crippen LogP contribution is -2.36. The molecule has 122 valence electrons. The van der Waals surface area contributed by atoms with Crippen LogP contribution in [0, 0.1) is 0 Å². The van der Waals surface area contributed by atoms with Gasteiger partial charge in [0, 0.05) is 39.4 Å². The van der Waals surface area contributed by atoms with Gasteiger partial charge in [0.05, 0.1) is 0 Å². The first-order valence-corrected chi connectivity index (χ1v) is 8.86. The minimum atomic E-state index is -0.0696. The highest BCUT2D eigenvalue weighted by Crippen LogP contribution is 2.17. The van der Waals surface area contributed by atoms with Crippen molar-refractivity contribution >= 4 is 23.2 Å². The Morgan fingerprint density at radius 3 is 2.78 bits per heavy atom. The number of thiophene rings is 1. The van der Waals surface area contributed by atoms with Gasteiger partial charge in [-0.1, -0.05) is 6.07 Å². The van der Waals surface area contributed by atoms with Crippen LogP contribution in [0.4, 0.5) is 10.6 Å². The number of rotatable bonds is 5. The summed E-state index contributed by atoms with van der Waals surface area (Å²) in [5.41, 5.74) is 2.18. The van der Waals surface area contributed by atoms with Crippen molar-refractivity contribution in [3.05, 3.63) is 46.3 Å². The lowest BCUT2D eigenvalue weighted by Gasteiger charge is -2.18. The third-order valence-corrected chi connectivity index (χ3v) is 4.76. The van der Waals surface area contributed by atoms with E-state index < -0.39 is 0 Å². The van der Waals surface area contributed by atoms with Gasteiger partial charge in [-0.05, 0) is 46.9 Å². The minimum Gasteiger partial charge on any atom is -0.357 e. The molecule has 0 unspecified atom stereocenters. The maximum atomic E-state index is 12.1. The van der Waals surface area contributed by atoms with E-state index in [1.807, 2.05) is 36.8 Å². The lowest BCUT2D eigenvalue weighted by molar-refractivity contribution is 0.206. The first kappa shape index (κ1) is 15.8. The number of urea groups is 1. The maximum Gasteiger partial charge on any atom is 0.317 e. The Morgan fingerprint density at radius 2 is 2.13 bits per heavy atom. The molecule has 2 aromatic heterocycles. The summed E-state index contributed by atoms with van der Waals surface area (Å²) in [5.74, 6) is 1.03. The Hall–Kier alpha value is -2.08. The fourth-order valence-corrected chi connectivity index (χ4v) is 3.36. The van der Waals surface area contributed by atoms with Crippen molar-refractivity contribution in [3.63, 3.8) is 0 Å². The number of carbonyl (C=O) groups is 1. The Labute approximate surface area is 140 Å². The molecule has 0 radical (unpaired) electrons. The fraction of sp³-hybridized carbons (Fsp3) is 0.412. The highest BCUT2D eigenvalue weighted by Gasteiger charge is 2.13. The van der Waals surface area contributed by atoms with E-state index in [1.54, 1.807) is 16.2 Å². The van der Waals surface area contributed by atoms with E-state index in [-0.39, 0.29) is 6.03 Å². The molecule has 0 bridgehead atoms. The van der Waals surface area contributed by atoms with Crippen molar-refractivity contribution in [2.45, 2.75) is 25.9 Å². The summed E-state index contributed by atoms with van der Waals surface area (Å²) in [6.45, 7) is 3.31. The highest BCUT2D eigenvalue weighted by atomic mass is 32.1.